The normalized spacial score (nSPS) is 22.8. The number of benzene rings is 2. The van der Waals surface area contributed by atoms with Crippen molar-refractivity contribution in [2.75, 3.05) is 14.2 Å². The third-order valence-corrected chi connectivity index (χ3v) is 5.96. The van der Waals surface area contributed by atoms with Crippen LogP contribution in [0.5, 0.6) is 11.5 Å². The fourth-order valence-corrected chi connectivity index (χ4v) is 4.33. The molecule has 0 saturated carbocycles. The zero-order chi connectivity index (χ0) is 16.4. The van der Waals surface area contributed by atoms with Gasteiger partial charge in [-0.25, -0.2) is 0 Å². The fraction of sp³-hybridized carbons (Fsp3) is 0.368. The van der Waals surface area contributed by atoms with Crippen molar-refractivity contribution < 1.29 is 14.2 Å². The van der Waals surface area contributed by atoms with Gasteiger partial charge in [0.1, 0.15) is 11.5 Å². The van der Waals surface area contributed by atoms with E-state index in [2.05, 4.69) is 38.1 Å². The Morgan fingerprint density at radius 1 is 0.826 bits per heavy atom. The highest BCUT2D eigenvalue weighted by molar-refractivity contribution is 8.01. The minimum Gasteiger partial charge on any atom is -0.497 e. The van der Waals surface area contributed by atoms with Gasteiger partial charge in [-0.15, -0.1) is 11.8 Å². The van der Waals surface area contributed by atoms with Crippen LogP contribution in [0.25, 0.3) is 0 Å². The summed E-state index contributed by atoms with van der Waals surface area (Å²) >= 11 is 1.85. The van der Waals surface area contributed by atoms with Gasteiger partial charge in [-0.05, 0) is 42.3 Å². The van der Waals surface area contributed by atoms with E-state index in [1.165, 1.54) is 0 Å². The molecule has 3 rings (SSSR count). The lowest BCUT2D eigenvalue weighted by molar-refractivity contribution is 0.0167. The van der Waals surface area contributed by atoms with Gasteiger partial charge in [0.15, 0.2) is 4.93 Å². The average Bonchev–Trinajstić information content (AvgIpc) is 2.91. The third-order valence-electron chi connectivity index (χ3n) is 4.30. The lowest BCUT2D eigenvalue weighted by Gasteiger charge is -2.29. The lowest BCUT2D eigenvalue weighted by Crippen LogP contribution is -2.25. The molecule has 0 bridgehead atoms. The summed E-state index contributed by atoms with van der Waals surface area (Å²) in [5.41, 5.74) is 2.26. The van der Waals surface area contributed by atoms with E-state index in [4.69, 9.17) is 14.2 Å². The number of ether oxygens (including phenoxy) is 3. The summed E-state index contributed by atoms with van der Waals surface area (Å²) in [6.07, 6.45) is 0.184. The molecule has 1 saturated heterocycles. The van der Waals surface area contributed by atoms with Gasteiger partial charge >= 0.3 is 0 Å². The Morgan fingerprint density at radius 3 is 1.57 bits per heavy atom. The summed E-state index contributed by atoms with van der Waals surface area (Å²) < 4.78 is 17.0. The predicted octanol–water partition coefficient (Wildman–Crippen LogP) is 4.45. The van der Waals surface area contributed by atoms with Crippen molar-refractivity contribution in [1.82, 2.24) is 0 Å². The van der Waals surface area contributed by atoms with Crippen molar-refractivity contribution in [2.45, 2.75) is 30.1 Å². The van der Waals surface area contributed by atoms with Crippen LogP contribution < -0.4 is 9.47 Å². The fourth-order valence-electron chi connectivity index (χ4n) is 2.80. The van der Waals surface area contributed by atoms with Crippen molar-refractivity contribution in [3.05, 3.63) is 59.7 Å². The molecule has 1 heterocycles. The largest absolute Gasteiger partial charge is 0.497 e. The lowest BCUT2D eigenvalue weighted by atomic mass is 10.00. The molecule has 2 atom stereocenters. The minimum absolute atomic E-state index is 0.184. The SMILES string of the molecule is COc1ccc(C2(c3ccc(OC)cc3)O[C@@H](C)[C@H](C)S2)cc1. The zero-order valence-corrected chi connectivity index (χ0v) is 14.7. The van der Waals surface area contributed by atoms with Crippen LogP contribution in [0, 0.1) is 0 Å². The molecule has 0 aliphatic carbocycles. The summed E-state index contributed by atoms with van der Waals surface area (Å²) in [6.45, 7) is 4.34. The summed E-state index contributed by atoms with van der Waals surface area (Å²) in [6, 6.07) is 16.3. The van der Waals surface area contributed by atoms with Gasteiger partial charge in [0.05, 0.1) is 20.3 Å². The second-order valence-electron chi connectivity index (χ2n) is 5.72. The summed E-state index contributed by atoms with van der Waals surface area (Å²) in [7, 11) is 3.36. The van der Waals surface area contributed by atoms with E-state index in [0.717, 1.165) is 22.6 Å². The smallest absolute Gasteiger partial charge is 0.165 e. The van der Waals surface area contributed by atoms with Crippen LogP contribution in [0.15, 0.2) is 48.5 Å². The molecule has 23 heavy (non-hydrogen) atoms. The van der Waals surface area contributed by atoms with Crippen molar-refractivity contribution in [3.63, 3.8) is 0 Å². The van der Waals surface area contributed by atoms with Crippen molar-refractivity contribution >= 4 is 11.8 Å². The van der Waals surface area contributed by atoms with E-state index in [1.807, 2.05) is 36.0 Å². The molecular weight excluding hydrogens is 308 g/mol. The van der Waals surface area contributed by atoms with Crippen LogP contribution in [0.2, 0.25) is 0 Å². The van der Waals surface area contributed by atoms with E-state index >= 15 is 0 Å². The van der Waals surface area contributed by atoms with Gasteiger partial charge in [0, 0.05) is 5.25 Å². The van der Waals surface area contributed by atoms with Gasteiger partial charge in [-0.2, -0.15) is 0 Å². The summed E-state index contributed by atoms with van der Waals surface area (Å²) in [5, 5.41) is 0.416. The Morgan fingerprint density at radius 2 is 1.26 bits per heavy atom. The number of thioether (sulfide) groups is 1. The molecule has 0 N–H and O–H groups in total. The van der Waals surface area contributed by atoms with E-state index in [9.17, 15) is 0 Å². The molecule has 3 nitrogen and oxygen atoms in total. The quantitative estimate of drug-likeness (QED) is 0.828. The maximum Gasteiger partial charge on any atom is 0.165 e. The molecule has 0 spiro atoms. The van der Waals surface area contributed by atoms with E-state index in [0.29, 0.717) is 5.25 Å². The Bertz CT molecular complexity index is 592. The molecule has 2 aromatic carbocycles. The van der Waals surface area contributed by atoms with Gasteiger partial charge in [-0.1, -0.05) is 31.2 Å². The molecule has 0 aromatic heterocycles. The Hall–Kier alpha value is -1.65. The Labute approximate surface area is 142 Å². The first-order valence-corrected chi connectivity index (χ1v) is 8.61. The summed E-state index contributed by atoms with van der Waals surface area (Å²) in [5.74, 6) is 1.70. The highest BCUT2D eigenvalue weighted by Gasteiger charge is 2.46. The topological polar surface area (TPSA) is 27.7 Å². The van der Waals surface area contributed by atoms with Crippen molar-refractivity contribution in [2.24, 2.45) is 0 Å². The van der Waals surface area contributed by atoms with Gasteiger partial charge in [0.25, 0.3) is 0 Å². The Kier molecular flexibility index (Phi) is 4.55. The molecular formula is C19H22O3S. The molecule has 0 unspecified atom stereocenters. The highest BCUT2D eigenvalue weighted by atomic mass is 32.2. The first-order valence-electron chi connectivity index (χ1n) is 7.74. The van der Waals surface area contributed by atoms with Crippen LogP contribution in [0.3, 0.4) is 0 Å². The van der Waals surface area contributed by atoms with Gasteiger partial charge in [-0.3, -0.25) is 0 Å². The van der Waals surface area contributed by atoms with E-state index < -0.39 is 4.93 Å². The predicted molar refractivity (Wildman–Crippen MR) is 94.4 cm³/mol. The maximum absolute atomic E-state index is 6.46. The van der Waals surface area contributed by atoms with Gasteiger partial charge < -0.3 is 14.2 Å². The monoisotopic (exact) mass is 330 g/mol. The molecule has 4 heteroatoms. The van der Waals surface area contributed by atoms with Gasteiger partial charge in [0.2, 0.25) is 0 Å². The highest BCUT2D eigenvalue weighted by Crippen LogP contribution is 2.53. The van der Waals surface area contributed by atoms with Crippen molar-refractivity contribution in [3.8, 4) is 11.5 Å². The van der Waals surface area contributed by atoms with E-state index in [-0.39, 0.29) is 6.10 Å². The van der Waals surface area contributed by atoms with Crippen LogP contribution in [-0.4, -0.2) is 25.6 Å². The van der Waals surface area contributed by atoms with Crippen molar-refractivity contribution in [1.29, 1.82) is 0 Å². The molecule has 1 aliphatic heterocycles. The number of methoxy groups -OCH3 is 2. The molecule has 2 aromatic rings. The third kappa shape index (κ3) is 2.93. The summed E-state index contributed by atoms with van der Waals surface area (Å²) in [4.78, 5) is -0.489. The second-order valence-corrected chi connectivity index (χ2v) is 7.27. The molecule has 122 valence electrons. The molecule has 1 fully saturated rings. The average molecular weight is 330 g/mol. The van der Waals surface area contributed by atoms with Crippen LogP contribution >= 0.6 is 11.8 Å². The van der Waals surface area contributed by atoms with Crippen LogP contribution in [-0.2, 0) is 9.67 Å². The number of hydrogen-bond acceptors (Lipinski definition) is 4. The zero-order valence-electron chi connectivity index (χ0n) is 13.9. The number of hydrogen-bond donors (Lipinski definition) is 0. The van der Waals surface area contributed by atoms with E-state index in [1.54, 1.807) is 14.2 Å². The minimum atomic E-state index is -0.489. The Balaban J connectivity index is 2.06. The first kappa shape index (κ1) is 16.2. The van der Waals surface area contributed by atoms with Crippen LogP contribution in [0.1, 0.15) is 25.0 Å². The standard InChI is InChI=1S/C19H22O3S/c1-13-14(2)23-19(22-13,15-5-9-17(20-3)10-6-15)16-7-11-18(21-4)12-8-16/h5-14H,1-4H3/t13-,14-/m0/s1. The maximum atomic E-state index is 6.46. The first-order chi connectivity index (χ1) is 11.1. The molecule has 0 radical (unpaired) electrons. The molecule has 1 aliphatic rings. The number of rotatable bonds is 4. The molecule has 0 amide bonds. The van der Waals surface area contributed by atoms with Crippen LogP contribution in [0.4, 0.5) is 0 Å². The second kappa shape index (κ2) is 6.46.